The predicted molar refractivity (Wildman–Crippen MR) is 110 cm³/mol. The van der Waals surface area contributed by atoms with Gasteiger partial charge in [0, 0.05) is 12.6 Å². The normalized spacial score (nSPS) is 34.5. The third kappa shape index (κ3) is 3.20. The van der Waals surface area contributed by atoms with Crippen LogP contribution in [0.1, 0.15) is 56.9 Å². The molecule has 5 saturated carbocycles. The number of hydrogen-bond acceptors (Lipinski definition) is 4. The topological polar surface area (TPSA) is 60.9 Å². The molecule has 4 bridgehead atoms. The van der Waals surface area contributed by atoms with Crippen LogP contribution in [0.3, 0.4) is 0 Å². The Morgan fingerprint density at radius 3 is 2.03 bits per heavy atom. The summed E-state index contributed by atoms with van der Waals surface area (Å²) in [5.74, 6) is 0.130. The number of rotatable bonds is 6. The van der Waals surface area contributed by atoms with E-state index in [2.05, 4.69) is 4.90 Å². The van der Waals surface area contributed by atoms with Gasteiger partial charge in [0.25, 0.3) is 0 Å². The van der Waals surface area contributed by atoms with E-state index in [1.54, 1.807) is 12.1 Å². The lowest BCUT2D eigenvalue weighted by Crippen LogP contribution is -2.62. The van der Waals surface area contributed by atoms with Crippen LogP contribution in [0.15, 0.2) is 24.3 Å². The van der Waals surface area contributed by atoms with Gasteiger partial charge in [-0.1, -0.05) is 12.1 Å². The lowest BCUT2D eigenvalue weighted by atomic mass is 9.52. The average molecular weight is 426 g/mol. The van der Waals surface area contributed by atoms with E-state index in [4.69, 9.17) is 0 Å². The Hall–Kier alpha value is -2.28. The first-order chi connectivity index (χ1) is 14.9. The maximum absolute atomic E-state index is 13.5. The van der Waals surface area contributed by atoms with Crippen molar-refractivity contribution in [2.24, 2.45) is 17.8 Å². The van der Waals surface area contributed by atoms with Crippen molar-refractivity contribution in [3.05, 3.63) is 35.6 Å². The molecule has 5 aliphatic carbocycles. The maximum atomic E-state index is 13.5. The molecule has 6 fully saturated rings. The van der Waals surface area contributed by atoms with Crippen LogP contribution in [0, 0.1) is 23.6 Å². The number of carbonyl (C=O) groups is 3. The number of carbonyl (C=O) groups excluding carboxylic acids is 3. The van der Waals surface area contributed by atoms with Gasteiger partial charge >= 0.3 is 17.8 Å². The summed E-state index contributed by atoms with van der Waals surface area (Å²) in [5, 5.41) is 0. The Balaban J connectivity index is 1.23. The Morgan fingerprint density at radius 1 is 0.903 bits per heavy atom. The molecule has 164 valence electrons. The zero-order chi connectivity index (χ0) is 21.3. The first kappa shape index (κ1) is 19.4. The van der Waals surface area contributed by atoms with Crippen molar-refractivity contribution in [3.8, 4) is 0 Å². The Labute approximate surface area is 181 Å². The van der Waals surface area contributed by atoms with Gasteiger partial charge in [-0.25, -0.2) is 19.0 Å². The number of nitrogens with zero attached hydrogens (tertiary/aromatic N) is 3. The van der Waals surface area contributed by atoms with Gasteiger partial charge in [0.15, 0.2) is 0 Å². The molecule has 0 N–H and O–H groups in total. The minimum atomic E-state index is -0.689. The number of amides is 4. The van der Waals surface area contributed by atoms with Gasteiger partial charge in [-0.15, -0.1) is 0 Å². The standard InChI is InChI=1S/C24H28FN3O3/c25-19-3-1-15(2-4-19)13-26(20-5-6-20)14-27-21(29)22(30)28(23(27)31)24-10-16-7-17(11-24)9-18(8-16)12-24/h1-4,16-18,20H,5-14H2. The molecule has 0 unspecified atom stereocenters. The number of hydrogen-bond donors (Lipinski definition) is 0. The Kier molecular flexibility index (Phi) is 4.29. The fraction of sp³-hybridized carbons (Fsp3) is 0.625. The third-order valence-electron chi connectivity index (χ3n) is 8.22. The quantitative estimate of drug-likeness (QED) is 0.517. The van der Waals surface area contributed by atoms with E-state index in [1.807, 2.05) is 0 Å². The second-order valence-electron chi connectivity index (χ2n) is 10.5. The summed E-state index contributed by atoms with van der Waals surface area (Å²) in [6.07, 6.45) is 8.22. The molecule has 0 radical (unpaired) electrons. The van der Waals surface area contributed by atoms with E-state index >= 15 is 0 Å². The van der Waals surface area contributed by atoms with Gasteiger partial charge in [0.05, 0.1) is 12.2 Å². The largest absolute Gasteiger partial charge is 0.335 e. The second kappa shape index (κ2) is 6.86. The van der Waals surface area contributed by atoms with Gasteiger partial charge in [-0.3, -0.25) is 14.5 Å². The lowest BCUT2D eigenvalue weighted by Gasteiger charge is -2.58. The van der Waals surface area contributed by atoms with Crippen LogP contribution in [0.5, 0.6) is 0 Å². The van der Waals surface area contributed by atoms with Crippen molar-refractivity contribution in [1.29, 1.82) is 0 Å². The van der Waals surface area contributed by atoms with E-state index in [1.165, 1.54) is 36.3 Å². The summed E-state index contributed by atoms with van der Waals surface area (Å²) in [6.45, 7) is 0.641. The summed E-state index contributed by atoms with van der Waals surface area (Å²) < 4.78 is 13.3. The molecule has 7 rings (SSSR count). The molecular formula is C24H28FN3O3. The lowest BCUT2D eigenvalue weighted by molar-refractivity contribution is -0.150. The average Bonchev–Trinajstić information content (AvgIpc) is 3.53. The minimum absolute atomic E-state index is 0.119. The molecular weight excluding hydrogens is 397 g/mol. The molecule has 1 aromatic carbocycles. The van der Waals surface area contributed by atoms with Crippen LogP contribution in [0.4, 0.5) is 9.18 Å². The van der Waals surface area contributed by atoms with Gasteiger partial charge in [0.2, 0.25) is 0 Å². The van der Waals surface area contributed by atoms with Crippen LogP contribution in [-0.2, 0) is 16.1 Å². The highest BCUT2D eigenvalue weighted by Gasteiger charge is 2.61. The Morgan fingerprint density at radius 2 is 1.48 bits per heavy atom. The molecule has 1 heterocycles. The van der Waals surface area contributed by atoms with E-state index in [0.29, 0.717) is 24.3 Å². The smallest absolute Gasteiger partial charge is 0.278 e. The van der Waals surface area contributed by atoms with Crippen LogP contribution in [0.2, 0.25) is 0 Å². The third-order valence-corrected chi connectivity index (χ3v) is 8.22. The molecule has 0 spiro atoms. The van der Waals surface area contributed by atoms with Crippen LogP contribution < -0.4 is 0 Å². The molecule has 0 atom stereocenters. The first-order valence-corrected chi connectivity index (χ1v) is 11.6. The molecule has 1 aromatic rings. The fourth-order valence-electron chi connectivity index (χ4n) is 7.13. The van der Waals surface area contributed by atoms with Gasteiger partial charge in [-0.2, -0.15) is 0 Å². The molecule has 1 aliphatic heterocycles. The van der Waals surface area contributed by atoms with Gasteiger partial charge < -0.3 is 0 Å². The molecule has 6 aliphatic rings. The van der Waals surface area contributed by atoms with Crippen molar-refractivity contribution in [2.45, 2.75) is 69.5 Å². The number of urea groups is 1. The van der Waals surface area contributed by atoms with E-state index in [-0.39, 0.29) is 18.5 Å². The van der Waals surface area contributed by atoms with Crippen molar-refractivity contribution in [1.82, 2.24) is 14.7 Å². The van der Waals surface area contributed by atoms with E-state index in [0.717, 1.165) is 42.6 Å². The monoisotopic (exact) mass is 425 g/mol. The van der Waals surface area contributed by atoms with Crippen molar-refractivity contribution < 1.29 is 18.8 Å². The molecule has 6 nitrogen and oxygen atoms in total. The summed E-state index contributed by atoms with van der Waals surface area (Å²) in [5.41, 5.74) is 0.478. The van der Waals surface area contributed by atoms with Gasteiger partial charge in [-0.05, 0) is 86.8 Å². The van der Waals surface area contributed by atoms with E-state index in [9.17, 15) is 18.8 Å². The molecule has 0 aromatic heterocycles. The first-order valence-electron chi connectivity index (χ1n) is 11.6. The van der Waals surface area contributed by atoms with Crippen molar-refractivity contribution in [3.63, 3.8) is 0 Å². The van der Waals surface area contributed by atoms with Crippen LogP contribution >= 0.6 is 0 Å². The summed E-state index contributed by atoms with van der Waals surface area (Å²) in [6, 6.07) is 6.16. The molecule has 7 heteroatoms. The predicted octanol–water partition coefficient (Wildman–Crippen LogP) is 3.51. The zero-order valence-electron chi connectivity index (χ0n) is 17.6. The molecule has 4 amide bonds. The number of benzene rings is 1. The summed E-state index contributed by atoms with van der Waals surface area (Å²) in [7, 11) is 0. The second-order valence-corrected chi connectivity index (χ2v) is 10.5. The SMILES string of the molecule is O=C1C(=O)N(C23CC4CC(CC(C4)C2)C3)C(=O)N1CN(Cc1ccc(F)cc1)C1CC1. The van der Waals surface area contributed by atoms with Gasteiger partial charge in [0.1, 0.15) is 5.82 Å². The van der Waals surface area contributed by atoms with E-state index < -0.39 is 23.4 Å². The molecule has 1 saturated heterocycles. The summed E-state index contributed by atoms with van der Waals surface area (Å²) >= 11 is 0. The highest BCUT2D eigenvalue weighted by molar-refractivity contribution is 6.44. The zero-order valence-corrected chi connectivity index (χ0v) is 17.6. The van der Waals surface area contributed by atoms with Crippen molar-refractivity contribution >= 4 is 17.8 Å². The number of imide groups is 2. The minimum Gasteiger partial charge on any atom is -0.278 e. The highest BCUT2D eigenvalue weighted by atomic mass is 19.1. The maximum Gasteiger partial charge on any atom is 0.335 e. The van der Waals surface area contributed by atoms with Crippen LogP contribution in [0.25, 0.3) is 0 Å². The molecule has 31 heavy (non-hydrogen) atoms. The fourth-order valence-corrected chi connectivity index (χ4v) is 7.13. The van der Waals surface area contributed by atoms with Crippen molar-refractivity contribution in [2.75, 3.05) is 6.67 Å². The highest BCUT2D eigenvalue weighted by Crippen LogP contribution is 2.58. The Bertz CT molecular complexity index is 907. The number of halogens is 1. The summed E-state index contributed by atoms with van der Waals surface area (Å²) in [4.78, 5) is 44.0. The van der Waals surface area contributed by atoms with Crippen LogP contribution in [-0.4, -0.2) is 50.8 Å².